The minimum atomic E-state index is -0.801. The van der Waals surface area contributed by atoms with Crippen LogP contribution >= 0.6 is 0 Å². The molecule has 3 rings (SSSR count). The quantitative estimate of drug-likeness (QED) is 0.919. The fourth-order valence-electron chi connectivity index (χ4n) is 3.23. The number of aliphatic hydroxyl groups excluding tert-OH is 1. The number of nitriles is 1. The van der Waals surface area contributed by atoms with Crippen molar-refractivity contribution in [1.29, 1.82) is 5.26 Å². The molecule has 108 valence electrons. The summed E-state index contributed by atoms with van der Waals surface area (Å²) >= 11 is 0. The molecule has 1 aromatic carbocycles. The third-order valence-corrected chi connectivity index (χ3v) is 4.78. The second kappa shape index (κ2) is 5.01. The Hall–Kier alpha value is -2.12. The van der Waals surface area contributed by atoms with Gasteiger partial charge in [-0.05, 0) is 37.3 Å². The molecular formula is C17H19N3O. The van der Waals surface area contributed by atoms with Gasteiger partial charge < -0.3 is 5.11 Å². The first-order valence-corrected chi connectivity index (χ1v) is 7.22. The van der Waals surface area contributed by atoms with Gasteiger partial charge in [-0.15, -0.1) is 0 Å². The highest BCUT2D eigenvalue weighted by atomic mass is 16.3. The number of aliphatic hydroxyl groups is 1. The Bertz CT molecular complexity index is 713. The van der Waals surface area contributed by atoms with Crippen molar-refractivity contribution in [2.75, 3.05) is 0 Å². The van der Waals surface area contributed by atoms with Gasteiger partial charge in [0.1, 0.15) is 6.10 Å². The molecular weight excluding hydrogens is 262 g/mol. The van der Waals surface area contributed by atoms with Crippen molar-refractivity contribution in [2.24, 2.45) is 12.5 Å². The first kappa shape index (κ1) is 13.8. The Labute approximate surface area is 124 Å². The number of fused-ring (bicyclic) bond motifs is 1. The van der Waals surface area contributed by atoms with Gasteiger partial charge in [-0.1, -0.05) is 24.3 Å². The summed E-state index contributed by atoms with van der Waals surface area (Å²) < 4.78 is 1.74. The van der Waals surface area contributed by atoms with E-state index in [2.05, 4.69) is 23.3 Å². The maximum absolute atomic E-state index is 10.8. The minimum absolute atomic E-state index is 0.592. The highest BCUT2D eigenvalue weighted by molar-refractivity contribution is 5.35. The zero-order valence-electron chi connectivity index (χ0n) is 12.4. The molecule has 4 heteroatoms. The van der Waals surface area contributed by atoms with Gasteiger partial charge in [0.25, 0.3) is 0 Å². The van der Waals surface area contributed by atoms with Gasteiger partial charge in [0, 0.05) is 18.3 Å². The summed E-state index contributed by atoms with van der Waals surface area (Å²) in [5.41, 5.74) is 3.38. The maximum Gasteiger partial charge on any atom is 0.101 e. The van der Waals surface area contributed by atoms with E-state index in [9.17, 15) is 10.4 Å². The van der Waals surface area contributed by atoms with E-state index in [1.807, 2.05) is 26.1 Å². The molecule has 2 aromatic rings. The molecule has 1 heterocycles. The summed E-state index contributed by atoms with van der Waals surface area (Å²) in [4.78, 5) is 0. The first-order chi connectivity index (χ1) is 10.1. The highest BCUT2D eigenvalue weighted by Crippen LogP contribution is 2.45. The number of aromatic nitrogens is 2. The van der Waals surface area contributed by atoms with Crippen LogP contribution in [0, 0.1) is 23.7 Å². The summed E-state index contributed by atoms with van der Waals surface area (Å²) in [5, 5.41) is 24.8. The van der Waals surface area contributed by atoms with Crippen LogP contribution in [-0.4, -0.2) is 14.9 Å². The molecule has 1 aliphatic carbocycles. The topological polar surface area (TPSA) is 61.8 Å². The second-order valence-electron chi connectivity index (χ2n) is 5.92. The van der Waals surface area contributed by atoms with Crippen molar-refractivity contribution in [3.63, 3.8) is 0 Å². The van der Waals surface area contributed by atoms with Gasteiger partial charge in [-0.25, -0.2) is 0 Å². The van der Waals surface area contributed by atoms with Crippen LogP contribution in [0.3, 0.4) is 0 Å². The second-order valence-corrected chi connectivity index (χ2v) is 5.92. The van der Waals surface area contributed by atoms with Crippen molar-refractivity contribution in [2.45, 2.75) is 32.3 Å². The van der Waals surface area contributed by atoms with Crippen LogP contribution in [-0.2, 0) is 19.9 Å². The van der Waals surface area contributed by atoms with E-state index in [-0.39, 0.29) is 0 Å². The lowest BCUT2D eigenvalue weighted by Crippen LogP contribution is -2.34. The van der Waals surface area contributed by atoms with Gasteiger partial charge in [0.2, 0.25) is 0 Å². The fourth-order valence-corrected chi connectivity index (χ4v) is 3.23. The molecule has 0 amide bonds. The summed E-state index contributed by atoms with van der Waals surface area (Å²) in [5.74, 6) is 0. The van der Waals surface area contributed by atoms with E-state index in [0.29, 0.717) is 12.8 Å². The molecule has 4 nitrogen and oxygen atoms in total. The van der Waals surface area contributed by atoms with Crippen molar-refractivity contribution >= 4 is 0 Å². The van der Waals surface area contributed by atoms with Crippen molar-refractivity contribution < 1.29 is 5.11 Å². The van der Waals surface area contributed by atoms with Crippen LogP contribution in [0.2, 0.25) is 0 Å². The average Bonchev–Trinajstić information content (AvgIpc) is 2.85. The van der Waals surface area contributed by atoms with Crippen molar-refractivity contribution in [3.05, 3.63) is 52.8 Å². The van der Waals surface area contributed by atoms with Gasteiger partial charge in [0.15, 0.2) is 0 Å². The van der Waals surface area contributed by atoms with Gasteiger partial charge in [0.05, 0.1) is 17.7 Å². The number of benzene rings is 1. The molecule has 0 bridgehead atoms. The molecule has 0 fully saturated rings. The molecule has 0 saturated carbocycles. The van der Waals surface area contributed by atoms with E-state index in [4.69, 9.17) is 0 Å². The normalized spacial score (nSPS) is 22.4. The van der Waals surface area contributed by atoms with Gasteiger partial charge in [-0.3, -0.25) is 4.68 Å². The van der Waals surface area contributed by atoms with E-state index in [0.717, 1.165) is 17.7 Å². The lowest BCUT2D eigenvalue weighted by Gasteiger charge is -2.36. The lowest BCUT2D eigenvalue weighted by atomic mass is 9.67. The van der Waals surface area contributed by atoms with Crippen molar-refractivity contribution in [1.82, 2.24) is 9.78 Å². The van der Waals surface area contributed by atoms with Crippen molar-refractivity contribution in [3.8, 4) is 6.07 Å². The SMILES string of the molecule is Cc1c(C(O)C2(C#N)CCc3ccccc3C2)cnn1C. The first-order valence-electron chi connectivity index (χ1n) is 7.22. The molecule has 0 radical (unpaired) electrons. The molecule has 1 aliphatic rings. The zero-order chi connectivity index (χ0) is 15.0. The standard InChI is InChI=1S/C17H19N3O/c1-12-15(10-19-20(12)2)16(21)17(11-18)8-7-13-5-3-4-6-14(13)9-17/h3-6,10,16,21H,7-9H2,1-2H3. The van der Waals surface area contributed by atoms with Crippen LogP contribution in [0.15, 0.2) is 30.5 Å². The predicted molar refractivity (Wildman–Crippen MR) is 79.4 cm³/mol. The number of aryl methyl sites for hydroxylation is 2. The Morgan fingerprint density at radius 3 is 2.71 bits per heavy atom. The van der Waals surface area contributed by atoms with Gasteiger partial charge in [-0.2, -0.15) is 10.4 Å². The third-order valence-electron chi connectivity index (χ3n) is 4.78. The van der Waals surface area contributed by atoms with E-state index < -0.39 is 11.5 Å². The summed E-state index contributed by atoms with van der Waals surface area (Å²) in [7, 11) is 1.85. The minimum Gasteiger partial charge on any atom is -0.387 e. The smallest absolute Gasteiger partial charge is 0.101 e. The molecule has 1 aromatic heterocycles. The van der Waals surface area contributed by atoms with Crippen LogP contribution in [0.25, 0.3) is 0 Å². The number of hydrogen-bond acceptors (Lipinski definition) is 3. The fraction of sp³-hybridized carbons (Fsp3) is 0.412. The largest absolute Gasteiger partial charge is 0.387 e. The Balaban J connectivity index is 1.99. The summed E-state index contributed by atoms with van der Waals surface area (Å²) in [6.07, 6.45) is 2.98. The third kappa shape index (κ3) is 2.14. The molecule has 0 saturated heterocycles. The zero-order valence-corrected chi connectivity index (χ0v) is 12.4. The Morgan fingerprint density at radius 1 is 1.38 bits per heavy atom. The predicted octanol–water partition coefficient (Wildman–Crippen LogP) is 2.46. The molecule has 2 unspecified atom stereocenters. The van der Waals surface area contributed by atoms with Crippen LogP contribution in [0.4, 0.5) is 0 Å². The van der Waals surface area contributed by atoms with Crippen LogP contribution in [0.1, 0.15) is 34.9 Å². The van der Waals surface area contributed by atoms with Crippen LogP contribution in [0.5, 0.6) is 0 Å². The summed E-state index contributed by atoms with van der Waals surface area (Å²) in [6, 6.07) is 10.6. The van der Waals surface area contributed by atoms with E-state index in [1.54, 1.807) is 10.9 Å². The Morgan fingerprint density at radius 2 is 2.10 bits per heavy atom. The number of hydrogen-bond donors (Lipinski definition) is 1. The van der Waals surface area contributed by atoms with E-state index in [1.165, 1.54) is 11.1 Å². The molecule has 0 spiro atoms. The van der Waals surface area contributed by atoms with Crippen LogP contribution < -0.4 is 0 Å². The van der Waals surface area contributed by atoms with E-state index >= 15 is 0 Å². The molecule has 2 atom stereocenters. The Kier molecular flexibility index (Phi) is 3.30. The molecule has 1 N–H and O–H groups in total. The van der Waals surface area contributed by atoms with Gasteiger partial charge >= 0.3 is 0 Å². The summed E-state index contributed by atoms with van der Waals surface area (Å²) in [6.45, 7) is 1.92. The average molecular weight is 281 g/mol. The highest BCUT2D eigenvalue weighted by Gasteiger charge is 2.43. The maximum atomic E-state index is 10.8. The molecule has 0 aliphatic heterocycles. The lowest BCUT2D eigenvalue weighted by molar-refractivity contribution is 0.0520. The number of rotatable bonds is 2. The number of nitrogens with zero attached hydrogens (tertiary/aromatic N) is 3. The monoisotopic (exact) mass is 281 g/mol. The molecule has 21 heavy (non-hydrogen) atoms.